The third kappa shape index (κ3) is 3.50. The van der Waals surface area contributed by atoms with Gasteiger partial charge in [0.1, 0.15) is 0 Å². The van der Waals surface area contributed by atoms with Crippen molar-refractivity contribution in [3.63, 3.8) is 0 Å². The van der Waals surface area contributed by atoms with Crippen molar-refractivity contribution in [1.82, 2.24) is 0 Å². The Bertz CT molecular complexity index is 540. The highest BCUT2D eigenvalue weighted by Gasteiger charge is 2.60. The number of hydrogen-bond acceptors (Lipinski definition) is 1. The molecule has 0 aliphatic heterocycles. The zero-order valence-electron chi connectivity index (χ0n) is 19.6. The van der Waals surface area contributed by atoms with Gasteiger partial charge < -0.3 is 5.11 Å². The maximum absolute atomic E-state index is 10.3. The molecule has 0 aromatic heterocycles. The van der Waals surface area contributed by atoms with Crippen LogP contribution in [0.15, 0.2) is 0 Å². The van der Waals surface area contributed by atoms with Crippen molar-refractivity contribution in [3.05, 3.63) is 0 Å². The molecule has 4 aliphatic rings. The van der Waals surface area contributed by atoms with E-state index >= 15 is 0 Å². The fraction of sp³-hybridized carbons (Fsp3) is 1.00. The van der Waals surface area contributed by atoms with Gasteiger partial charge in [-0.1, -0.05) is 53.9 Å². The van der Waals surface area contributed by atoms with E-state index in [0.717, 1.165) is 54.3 Å². The summed E-state index contributed by atoms with van der Waals surface area (Å²) in [5, 5.41) is 10.3. The van der Waals surface area contributed by atoms with Crippen LogP contribution in [0.25, 0.3) is 0 Å². The van der Waals surface area contributed by atoms with Crippen LogP contribution in [0.4, 0.5) is 0 Å². The van der Waals surface area contributed by atoms with Gasteiger partial charge in [-0.05, 0) is 110 Å². The molecule has 0 bridgehead atoms. The zero-order valence-corrected chi connectivity index (χ0v) is 19.6. The first-order valence-corrected chi connectivity index (χ1v) is 12.9. The van der Waals surface area contributed by atoms with Gasteiger partial charge in [0, 0.05) is 0 Å². The summed E-state index contributed by atoms with van der Waals surface area (Å²) in [6.45, 7) is 12.7. The summed E-state index contributed by atoms with van der Waals surface area (Å²) in [5.74, 6) is 6.49. The Hall–Kier alpha value is -0.0400. The van der Waals surface area contributed by atoms with E-state index < -0.39 is 0 Å². The minimum absolute atomic E-state index is 0.00830. The minimum Gasteiger partial charge on any atom is -0.393 e. The molecule has 0 heterocycles. The van der Waals surface area contributed by atoms with Gasteiger partial charge >= 0.3 is 0 Å². The summed E-state index contributed by atoms with van der Waals surface area (Å²) in [6, 6.07) is 0. The molecule has 9 atom stereocenters. The predicted molar refractivity (Wildman–Crippen MR) is 119 cm³/mol. The lowest BCUT2D eigenvalue weighted by molar-refractivity contribution is -0.129. The maximum Gasteiger partial charge on any atom is 0.0543 e. The molecule has 0 saturated heterocycles. The fourth-order valence-electron chi connectivity index (χ4n) is 9.26. The molecule has 1 N–H and O–H groups in total. The molecule has 1 heteroatoms. The average Bonchev–Trinajstić information content (AvgIpc) is 2.99. The van der Waals surface area contributed by atoms with E-state index in [2.05, 4.69) is 34.6 Å². The van der Waals surface area contributed by atoms with Gasteiger partial charge in [-0.2, -0.15) is 0 Å². The normalized spacial score (nSPS) is 49.4. The van der Waals surface area contributed by atoms with Gasteiger partial charge in [-0.25, -0.2) is 0 Å². The summed E-state index contributed by atoms with van der Waals surface area (Å²) < 4.78 is 0. The first-order valence-electron chi connectivity index (χ1n) is 12.9. The molecule has 4 rings (SSSR count). The summed E-state index contributed by atoms with van der Waals surface area (Å²) in [4.78, 5) is 0. The number of rotatable bonds is 5. The highest BCUT2D eigenvalue weighted by molar-refractivity contribution is 5.09. The second-order valence-electron chi connectivity index (χ2n) is 12.6. The molecule has 4 saturated carbocycles. The first-order chi connectivity index (χ1) is 13.3. The van der Waals surface area contributed by atoms with Gasteiger partial charge in [0.15, 0.2) is 0 Å². The second kappa shape index (κ2) is 7.90. The van der Waals surface area contributed by atoms with Gasteiger partial charge in [0.25, 0.3) is 0 Å². The SMILES string of the molecule is CC(C)CCC[C@@H](C)[C@H]1CC[C@H]2[C@@H]3CC[C@H]4C[C@@H](O)CC[C@]4(C)[C@@H]3CC[C@]12C. The number of aliphatic hydroxyl groups excluding tert-OH is 1. The third-order valence-corrected chi connectivity index (χ3v) is 10.8. The lowest BCUT2D eigenvalue weighted by atomic mass is 9.44. The van der Waals surface area contributed by atoms with Gasteiger partial charge in [-0.3, -0.25) is 0 Å². The molecular weight excluding hydrogens is 340 g/mol. The highest BCUT2D eigenvalue weighted by atomic mass is 16.3. The fourth-order valence-corrected chi connectivity index (χ4v) is 9.26. The van der Waals surface area contributed by atoms with E-state index in [4.69, 9.17) is 0 Å². The van der Waals surface area contributed by atoms with Crippen LogP contribution < -0.4 is 0 Å². The monoisotopic (exact) mass is 388 g/mol. The summed E-state index contributed by atoms with van der Waals surface area (Å²) in [7, 11) is 0. The van der Waals surface area contributed by atoms with E-state index in [1.165, 1.54) is 64.2 Å². The third-order valence-electron chi connectivity index (χ3n) is 10.8. The van der Waals surface area contributed by atoms with Crippen LogP contribution >= 0.6 is 0 Å². The smallest absolute Gasteiger partial charge is 0.0543 e. The number of aliphatic hydroxyl groups is 1. The summed E-state index contributed by atoms with van der Waals surface area (Å²) >= 11 is 0. The van der Waals surface area contributed by atoms with Crippen molar-refractivity contribution < 1.29 is 5.11 Å². The molecule has 162 valence electrons. The van der Waals surface area contributed by atoms with Crippen LogP contribution in [0.1, 0.15) is 112 Å². The van der Waals surface area contributed by atoms with Crippen LogP contribution in [0, 0.1) is 52.3 Å². The molecule has 0 spiro atoms. The maximum atomic E-state index is 10.3. The summed E-state index contributed by atoms with van der Waals surface area (Å²) in [6.07, 6.45) is 16.6. The molecule has 4 fully saturated rings. The first kappa shape index (κ1) is 21.2. The van der Waals surface area contributed by atoms with E-state index in [9.17, 15) is 5.11 Å². The van der Waals surface area contributed by atoms with Crippen molar-refractivity contribution in [2.75, 3.05) is 0 Å². The lowest BCUT2D eigenvalue weighted by Gasteiger charge is -2.61. The van der Waals surface area contributed by atoms with Gasteiger partial charge in [0.05, 0.1) is 6.10 Å². The molecule has 0 amide bonds. The van der Waals surface area contributed by atoms with Crippen LogP contribution in [0.3, 0.4) is 0 Å². The van der Waals surface area contributed by atoms with Crippen molar-refractivity contribution in [2.24, 2.45) is 52.3 Å². The van der Waals surface area contributed by atoms with Crippen LogP contribution in [-0.2, 0) is 0 Å². The number of hydrogen-bond donors (Lipinski definition) is 1. The molecular formula is C27H48O. The predicted octanol–water partition coefficient (Wildman–Crippen LogP) is 7.47. The molecule has 0 unspecified atom stereocenters. The Labute approximate surface area is 175 Å². The zero-order chi connectivity index (χ0) is 20.1. The van der Waals surface area contributed by atoms with E-state index in [-0.39, 0.29) is 6.10 Å². The molecule has 4 aliphatic carbocycles. The van der Waals surface area contributed by atoms with Crippen molar-refractivity contribution in [1.29, 1.82) is 0 Å². The van der Waals surface area contributed by atoms with Crippen molar-refractivity contribution in [2.45, 2.75) is 118 Å². The highest BCUT2D eigenvalue weighted by Crippen LogP contribution is 2.68. The molecule has 28 heavy (non-hydrogen) atoms. The standard InChI is InChI=1S/C27H48O/c1-18(2)7-6-8-19(3)23-11-12-24-22-10-9-20-17-21(28)13-15-26(20,4)25(22)14-16-27(23,24)5/h18-25,28H,6-17H2,1-5H3/t19-,20+,21+,22+,23-,24+,25-,26+,27-/m1/s1. The minimum atomic E-state index is -0.00830. The largest absolute Gasteiger partial charge is 0.393 e. The molecule has 0 radical (unpaired) electrons. The summed E-state index contributed by atoms with van der Waals surface area (Å²) in [5.41, 5.74) is 1.15. The molecule has 1 nitrogen and oxygen atoms in total. The molecule has 0 aromatic carbocycles. The second-order valence-corrected chi connectivity index (χ2v) is 12.6. The van der Waals surface area contributed by atoms with Crippen LogP contribution in [0.2, 0.25) is 0 Å². The Kier molecular flexibility index (Phi) is 5.98. The quantitative estimate of drug-likeness (QED) is 0.518. The molecule has 0 aromatic rings. The van der Waals surface area contributed by atoms with E-state index in [1.54, 1.807) is 0 Å². The van der Waals surface area contributed by atoms with E-state index in [1.807, 2.05) is 0 Å². The number of fused-ring (bicyclic) bond motifs is 5. The Balaban J connectivity index is 1.46. The van der Waals surface area contributed by atoms with Crippen LogP contribution in [-0.4, -0.2) is 11.2 Å². The van der Waals surface area contributed by atoms with Gasteiger partial charge in [-0.15, -0.1) is 0 Å². The topological polar surface area (TPSA) is 20.2 Å². The van der Waals surface area contributed by atoms with Gasteiger partial charge in [0.2, 0.25) is 0 Å². The van der Waals surface area contributed by atoms with Crippen molar-refractivity contribution in [3.8, 4) is 0 Å². The van der Waals surface area contributed by atoms with E-state index in [0.29, 0.717) is 10.8 Å². The van der Waals surface area contributed by atoms with Crippen LogP contribution in [0.5, 0.6) is 0 Å². The Morgan fingerprint density at radius 2 is 1.54 bits per heavy atom. The lowest BCUT2D eigenvalue weighted by Crippen LogP contribution is -2.54. The average molecular weight is 389 g/mol. The Morgan fingerprint density at radius 3 is 2.29 bits per heavy atom. The van der Waals surface area contributed by atoms with Crippen molar-refractivity contribution >= 4 is 0 Å². The Morgan fingerprint density at radius 1 is 0.821 bits per heavy atom.